The zero-order chi connectivity index (χ0) is 16.5. The number of ether oxygens (including phenoxy) is 2. The van der Waals surface area contributed by atoms with Gasteiger partial charge in [0.15, 0.2) is 11.5 Å². The summed E-state index contributed by atoms with van der Waals surface area (Å²) in [7, 11) is 0. The molecule has 0 fully saturated rings. The van der Waals surface area contributed by atoms with E-state index in [4.69, 9.17) is 9.47 Å². The molecular weight excluding hydrogens is 272 g/mol. The van der Waals surface area contributed by atoms with Crippen LogP contribution in [0.2, 0.25) is 0 Å². The minimum Gasteiger partial charge on any atom is -0.490 e. The van der Waals surface area contributed by atoms with Gasteiger partial charge in [-0.25, -0.2) is 0 Å². The average molecular weight is 300 g/mol. The third kappa shape index (κ3) is 5.80. The summed E-state index contributed by atoms with van der Waals surface area (Å²) in [6, 6.07) is 12.5. The molecule has 0 saturated carbocycles. The predicted octanol–water partition coefficient (Wildman–Crippen LogP) is 5.40. The fourth-order valence-corrected chi connectivity index (χ4v) is 2.05. The summed E-state index contributed by atoms with van der Waals surface area (Å²) in [6.07, 6.45) is 0. The summed E-state index contributed by atoms with van der Waals surface area (Å²) in [6.45, 7) is 13.7. The monoisotopic (exact) mass is 300 g/mol. The van der Waals surface area contributed by atoms with Crippen molar-refractivity contribution in [1.29, 1.82) is 0 Å². The van der Waals surface area contributed by atoms with Gasteiger partial charge in [0.2, 0.25) is 0 Å². The fraction of sp³-hybridized carbons (Fsp3) is 0.400. The van der Waals surface area contributed by atoms with Crippen molar-refractivity contribution in [2.45, 2.75) is 41.5 Å². The van der Waals surface area contributed by atoms with Crippen LogP contribution in [0.3, 0.4) is 0 Å². The van der Waals surface area contributed by atoms with Crippen LogP contribution in [0.4, 0.5) is 0 Å². The molecule has 0 aromatic heterocycles. The summed E-state index contributed by atoms with van der Waals surface area (Å²) in [5.41, 5.74) is 5.29. The van der Waals surface area contributed by atoms with Crippen LogP contribution >= 0.6 is 0 Å². The molecule has 2 aromatic rings. The molecule has 2 nitrogen and oxygen atoms in total. The van der Waals surface area contributed by atoms with Gasteiger partial charge >= 0.3 is 0 Å². The third-order valence-electron chi connectivity index (χ3n) is 3.36. The molecule has 0 aliphatic heterocycles. The lowest BCUT2D eigenvalue weighted by atomic mass is 10.1. The Bertz CT molecular complexity index is 588. The SMILES string of the molecule is CCOc1ccc(C)cc1OCC.Cc1ccc(C)c(C)c1. The Labute approximate surface area is 135 Å². The minimum absolute atomic E-state index is 0.670. The van der Waals surface area contributed by atoms with Crippen LogP contribution in [-0.4, -0.2) is 13.2 Å². The molecule has 0 atom stereocenters. The van der Waals surface area contributed by atoms with Gasteiger partial charge in [-0.2, -0.15) is 0 Å². The average Bonchev–Trinajstić information content (AvgIpc) is 2.47. The van der Waals surface area contributed by atoms with Crippen LogP contribution in [0.25, 0.3) is 0 Å². The highest BCUT2D eigenvalue weighted by molar-refractivity contribution is 5.42. The van der Waals surface area contributed by atoms with E-state index in [9.17, 15) is 0 Å². The van der Waals surface area contributed by atoms with Crippen molar-refractivity contribution in [2.75, 3.05) is 13.2 Å². The van der Waals surface area contributed by atoms with Crippen molar-refractivity contribution >= 4 is 0 Å². The van der Waals surface area contributed by atoms with Gasteiger partial charge in [-0.15, -0.1) is 0 Å². The van der Waals surface area contributed by atoms with Gasteiger partial charge in [-0.05, 0) is 70.4 Å². The first-order valence-electron chi connectivity index (χ1n) is 7.88. The van der Waals surface area contributed by atoms with E-state index in [1.807, 2.05) is 39.0 Å². The van der Waals surface area contributed by atoms with E-state index in [1.54, 1.807) is 0 Å². The highest BCUT2D eigenvalue weighted by Crippen LogP contribution is 2.27. The number of rotatable bonds is 4. The molecule has 0 amide bonds. The Morgan fingerprint density at radius 3 is 1.73 bits per heavy atom. The Morgan fingerprint density at radius 1 is 0.636 bits per heavy atom. The third-order valence-corrected chi connectivity index (χ3v) is 3.36. The zero-order valence-corrected chi connectivity index (χ0v) is 14.7. The van der Waals surface area contributed by atoms with Gasteiger partial charge in [-0.1, -0.05) is 29.8 Å². The molecule has 22 heavy (non-hydrogen) atoms. The fourth-order valence-electron chi connectivity index (χ4n) is 2.05. The van der Waals surface area contributed by atoms with Crippen LogP contribution < -0.4 is 9.47 Å². The smallest absolute Gasteiger partial charge is 0.161 e. The second kappa shape index (κ2) is 9.14. The molecule has 0 bridgehead atoms. The Kier molecular flexibility index (Phi) is 7.51. The van der Waals surface area contributed by atoms with Crippen molar-refractivity contribution in [1.82, 2.24) is 0 Å². The highest BCUT2D eigenvalue weighted by Gasteiger charge is 2.03. The first kappa shape index (κ1) is 18.1. The minimum atomic E-state index is 0.670. The van der Waals surface area contributed by atoms with Gasteiger partial charge in [0.05, 0.1) is 13.2 Å². The normalized spacial score (nSPS) is 9.73. The van der Waals surface area contributed by atoms with Gasteiger partial charge in [0, 0.05) is 0 Å². The molecule has 0 aliphatic rings. The number of hydrogen-bond donors (Lipinski definition) is 0. The van der Waals surface area contributed by atoms with Crippen LogP contribution in [0.15, 0.2) is 36.4 Å². The molecule has 0 aliphatic carbocycles. The van der Waals surface area contributed by atoms with Crippen LogP contribution in [-0.2, 0) is 0 Å². The van der Waals surface area contributed by atoms with Crippen molar-refractivity contribution < 1.29 is 9.47 Å². The van der Waals surface area contributed by atoms with E-state index in [0.29, 0.717) is 13.2 Å². The lowest BCUT2D eigenvalue weighted by Crippen LogP contribution is -1.98. The topological polar surface area (TPSA) is 18.5 Å². The molecule has 0 unspecified atom stereocenters. The van der Waals surface area contributed by atoms with Crippen molar-refractivity contribution in [3.05, 3.63) is 58.7 Å². The highest BCUT2D eigenvalue weighted by atomic mass is 16.5. The molecular formula is C20H28O2. The first-order valence-corrected chi connectivity index (χ1v) is 7.88. The summed E-state index contributed by atoms with van der Waals surface area (Å²) in [4.78, 5) is 0. The van der Waals surface area contributed by atoms with Crippen LogP contribution in [0.1, 0.15) is 36.1 Å². The lowest BCUT2D eigenvalue weighted by molar-refractivity contribution is 0.287. The van der Waals surface area contributed by atoms with E-state index >= 15 is 0 Å². The Hall–Kier alpha value is -1.96. The van der Waals surface area contributed by atoms with Gasteiger partial charge in [-0.3, -0.25) is 0 Å². The molecule has 2 rings (SSSR count). The second-order valence-electron chi connectivity index (χ2n) is 5.40. The first-order chi connectivity index (χ1) is 10.5. The molecule has 120 valence electrons. The molecule has 2 heteroatoms. The van der Waals surface area contributed by atoms with Crippen molar-refractivity contribution in [3.63, 3.8) is 0 Å². The molecule has 0 radical (unpaired) electrons. The number of aryl methyl sites for hydroxylation is 4. The number of benzene rings is 2. The predicted molar refractivity (Wildman–Crippen MR) is 94.2 cm³/mol. The maximum Gasteiger partial charge on any atom is 0.161 e. The van der Waals surface area contributed by atoms with Crippen molar-refractivity contribution in [3.8, 4) is 11.5 Å². The maximum absolute atomic E-state index is 5.45. The zero-order valence-electron chi connectivity index (χ0n) is 14.7. The molecule has 0 heterocycles. The van der Waals surface area contributed by atoms with Gasteiger partial charge in [0.1, 0.15) is 0 Å². The van der Waals surface area contributed by atoms with Crippen LogP contribution in [0.5, 0.6) is 11.5 Å². The molecule has 2 aromatic carbocycles. The largest absolute Gasteiger partial charge is 0.490 e. The summed E-state index contributed by atoms with van der Waals surface area (Å²) in [5, 5.41) is 0. The molecule has 0 spiro atoms. The second-order valence-corrected chi connectivity index (χ2v) is 5.40. The quantitative estimate of drug-likeness (QED) is 0.752. The van der Waals surface area contributed by atoms with Crippen LogP contribution in [0, 0.1) is 27.7 Å². The summed E-state index contributed by atoms with van der Waals surface area (Å²) >= 11 is 0. The lowest BCUT2D eigenvalue weighted by Gasteiger charge is -2.10. The maximum atomic E-state index is 5.45. The van der Waals surface area contributed by atoms with E-state index in [-0.39, 0.29) is 0 Å². The van der Waals surface area contributed by atoms with E-state index < -0.39 is 0 Å². The standard InChI is InChI=1S/C11H16O2.C9H12/c1-4-12-10-7-6-9(3)8-11(10)13-5-2;1-7-4-5-8(2)9(3)6-7/h6-8H,4-5H2,1-3H3;4-6H,1-3H3. The summed E-state index contributed by atoms with van der Waals surface area (Å²) in [5.74, 6) is 1.67. The van der Waals surface area contributed by atoms with E-state index in [2.05, 4.69) is 39.0 Å². The van der Waals surface area contributed by atoms with E-state index in [0.717, 1.165) is 11.5 Å². The molecule has 0 saturated heterocycles. The molecule has 0 N–H and O–H groups in total. The van der Waals surface area contributed by atoms with Crippen molar-refractivity contribution in [2.24, 2.45) is 0 Å². The van der Waals surface area contributed by atoms with Gasteiger partial charge < -0.3 is 9.47 Å². The summed E-state index contributed by atoms with van der Waals surface area (Å²) < 4.78 is 10.9. The Morgan fingerprint density at radius 2 is 1.18 bits per heavy atom. The van der Waals surface area contributed by atoms with Gasteiger partial charge in [0.25, 0.3) is 0 Å². The van der Waals surface area contributed by atoms with E-state index in [1.165, 1.54) is 22.3 Å². The Balaban J connectivity index is 0.000000235. The number of hydrogen-bond acceptors (Lipinski definition) is 2.